The van der Waals surface area contributed by atoms with Crippen LogP contribution in [-0.4, -0.2) is 6.17 Å². The molecule has 2 aliphatic rings. The van der Waals surface area contributed by atoms with E-state index in [0.717, 1.165) is 107 Å². The van der Waals surface area contributed by atoms with Crippen molar-refractivity contribution in [3.63, 3.8) is 0 Å². The highest BCUT2D eigenvalue weighted by molar-refractivity contribution is 6.14. The fourth-order valence-corrected chi connectivity index (χ4v) is 8.45. The average Bonchev–Trinajstić information content (AvgIpc) is 3.65. The fourth-order valence-electron chi connectivity index (χ4n) is 8.45. The molecule has 0 saturated carbocycles. The van der Waals surface area contributed by atoms with Gasteiger partial charge in [0.25, 0.3) is 0 Å². The molecular formula is C52H34F2N2O3. The maximum Gasteiger partial charge on any atom is 0.137 e. The predicted octanol–water partition coefficient (Wildman–Crippen LogP) is 15.6. The van der Waals surface area contributed by atoms with Gasteiger partial charge in [-0.25, -0.2) is 8.78 Å². The Morgan fingerprint density at radius 2 is 1.03 bits per heavy atom. The van der Waals surface area contributed by atoms with Crippen molar-refractivity contribution in [2.45, 2.75) is 12.6 Å². The Bertz CT molecular complexity index is 3100. The van der Waals surface area contributed by atoms with Crippen molar-refractivity contribution >= 4 is 61.1 Å². The third-order valence-corrected chi connectivity index (χ3v) is 11.1. The number of hydrogen-bond acceptors (Lipinski definition) is 5. The van der Waals surface area contributed by atoms with E-state index in [1.165, 1.54) is 0 Å². The number of alkyl halides is 1. The van der Waals surface area contributed by atoms with Crippen LogP contribution in [0, 0.1) is 0 Å². The summed E-state index contributed by atoms with van der Waals surface area (Å²) in [5.41, 5.74) is 10.4. The van der Waals surface area contributed by atoms with Gasteiger partial charge in [-0.05, 0) is 114 Å². The minimum Gasteiger partial charge on any atom is -0.456 e. The SMILES string of the molecule is F/C=C/C(F)C/C=C/N(c1ccc2c(c1)Oc1ccc3c4c(ccc-2c14)Oc1cc(N(c2ccccc2)c2ccccc2)ccc1-3)c1ccc2oc3ccccc3c2c1. The van der Waals surface area contributed by atoms with Crippen molar-refractivity contribution in [1.82, 2.24) is 0 Å². The van der Waals surface area contributed by atoms with Gasteiger partial charge in [-0.3, -0.25) is 0 Å². The van der Waals surface area contributed by atoms with Crippen molar-refractivity contribution < 1.29 is 22.7 Å². The number of ether oxygens (including phenoxy) is 2. The van der Waals surface area contributed by atoms with E-state index < -0.39 is 6.17 Å². The Hall–Kier alpha value is -7.64. The Morgan fingerprint density at radius 1 is 0.492 bits per heavy atom. The largest absolute Gasteiger partial charge is 0.456 e. The molecule has 11 rings (SSSR count). The number of nitrogens with zero attached hydrogens (tertiary/aromatic N) is 2. The summed E-state index contributed by atoms with van der Waals surface area (Å²) in [6.45, 7) is 0. The van der Waals surface area contributed by atoms with E-state index in [-0.39, 0.29) is 12.8 Å². The van der Waals surface area contributed by atoms with Gasteiger partial charge in [0.05, 0.1) is 6.33 Å². The lowest BCUT2D eigenvalue weighted by molar-refractivity contribution is 0.400. The summed E-state index contributed by atoms with van der Waals surface area (Å²) in [6, 6.07) is 55.4. The molecule has 0 radical (unpaired) electrons. The second-order valence-electron chi connectivity index (χ2n) is 14.6. The number of allylic oxidation sites excluding steroid dienone is 2. The molecule has 59 heavy (non-hydrogen) atoms. The molecule has 0 spiro atoms. The molecule has 1 unspecified atom stereocenters. The standard InChI is InChI=1S/C52H34F2N2O3/c53-28-27-33(54)10-9-29-55(36-19-24-46-44(30-36)39-15-7-8-16-45(39)57-46)37-17-20-40-42-22-26-48-52-43(23-25-47(51(42)52)58-49(40)31-37)41-21-18-38(32-50(41)59-48)56(34-11-3-1-4-12-34)35-13-5-2-6-14-35/h1-9,11-33H,10H2/b28-27+,29-9+. The Labute approximate surface area is 338 Å². The molecule has 284 valence electrons. The number of rotatable bonds is 9. The normalized spacial score (nSPS) is 13.1. The summed E-state index contributed by atoms with van der Waals surface area (Å²) in [6.07, 6.45) is 3.26. The number of anilines is 5. The Balaban J connectivity index is 0.981. The second-order valence-corrected chi connectivity index (χ2v) is 14.6. The van der Waals surface area contributed by atoms with E-state index in [9.17, 15) is 8.78 Å². The van der Waals surface area contributed by atoms with Crippen molar-refractivity contribution in [2.24, 2.45) is 0 Å². The van der Waals surface area contributed by atoms with Crippen LogP contribution in [0.2, 0.25) is 0 Å². The van der Waals surface area contributed by atoms with Gasteiger partial charge in [-0.1, -0.05) is 60.7 Å². The van der Waals surface area contributed by atoms with Crippen LogP contribution in [0.4, 0.5) is 37.2 Å². The maximum atomic E-state index is 14.4. The zero-order chi connectivity index (χ0) is 39.5. The van der Waals surface area contributed by atoms with Gasteiger partial charge in [0.2, 0.25) is 0 Å². The van der Waals surface area contributed by atoms with E-state index in [4.69, 9.17) is 13.9 Å². The van der Waals surface area contributed by atoms with Crippen molar-refractivity contribution in [3.8, 4) is 45.3 Å². The fraction of sp³-hybridized carbons (Fsp3) is 0.0385. The molecule has 9 aromatic rings. The molecule has 0 bridgehead atoms. The summed E-state index contributed by atoms with van der Waals surface area (Å²) < 4.78 is 46.7. The highest BCUT2D eigenvalue weighted by atomic mass is 19.1. The Kier molecular flexibility index (Phi) is 8.25. The molecule has 0 fully saturated rings. The maximum absolute atomic E-state index is 14.4. The molecule has 2 aliphatic heterocycles. The van der Waals surface area contributed by atoms with Gasteiger partial charge in [-0.2, -0.15) is 0 Å². The van der Waals surface area contributed by atoms with Crippen molar-refractivity contribution in [3.05, 3.63) is 188 Å². The van der Waals surface area contributed by atoms with Gasteiger partial charge in [-0.15, -0.1) is 0 Å². The minimum atomic E-state index is -1.44. The molecule has 0 saturated heterocycles. The van der Waals surface area contributed by atoms with Crippen LogP contribution in [0.1, 0.15) is 6.42 Å². The molecule has 0 amide bonds. The second kappa shape index (κ2) is 14.1. The number of benzene rings is 8. The van der Waals surface area contributed by atoms with Crippen LogP contribution >= 0.6 is 0 Å². The van der Waals surface area contributed by atoms with Gasteiger partial charge in [0, 0.05) is 85.9 Å². The van der Waals surface area contributed by atoms with E-state index in [2.05, 4.69) is 77.7 Å². The molecular weight excluding hydrogens is 739 g/mol. The van der Waals surface area contributed by atoms with Gasteiger partial charge < -0.3 is 23.7 Å². The summed E-state index contributed by atoms with van der Waals surface area (Å²) in [4.78, 5) is 4.22. The lowest BCUT2D eigenvalue weighted by Gasteiger charge is -2.30. The highest BCUT2D eigenvalue weighted by Gasteiger charge is 2.29. The van der Waals surface area contributed by atoms with Crippen LogP contribution in [0.25, 0.3) is 55.0 Å². The number of halogens is 2. The molecule has 8 aromatic carbocycles. The van der Waals surface area contributed by atoms with Crippen molar-refractivity contribution in [2.75, 3.05) is 9.80 Å². The molecule has 3 heterocycles. The number of para-hydroxylation sites is 3. The van der Waals surface area contributed by atoms with E-state index in [1.54, 1.807) is 6.08 Å². The lowest BCUT2D eigenvalue weighted by Crippen LogP contribution is -2.10. The van der Waals surface area contributed by atoms with Crippen molar-refractivity contribution in [1.29, 1.82) is 0 Å². The van der Waals surface area contributed by atoms with E-state index >= 15 is 0 Å². The van der Waals surface area contributed by atoms with Gasteiger partial charge in [0.15, 0.2) is 0 Å². The molecule has 1 atom stereocenters. The molecule has 7 heteroatoms. The summed E-state index contributed by atoms with van der Waals surface area (Å²) in [5, 5.41) is 3.97. The smallest absolute Gasteiger partial charge is 0.137 e. The zero-order valence-corrected chi connectivity index (χ0v) is 31.6. The van der Waals surface area contributed by atoms with E-state index in [1.807, 2.05) is 102 Å². The van der Waals surface area contributed by atoms with Crippen LogP contribution in [0.15, 0.2) is 193 Å². The first-order valence-electron chi connectivity index (χ1n) is 19.5. The molecule has 0 N–H and O–H groups in total. The predicted molar refractivity (Wildman–Crippen MR) is 234 cm³/mol. The average molecular weight is 773 g/mol. The van der Waals surface area contributed by atoms with E-state index in [0.29, 0.717) is 5.75 Å². The van der Waals surface area contributed by atoms with Gasteiger partial charge >= 0.3 is 0 Å². The lowest BCUT2D eigenvalue weighted by atomic mass is 9.88. The van der Waals surface area contributed by atoms with Gasteiger partial charge in [0.1, 0.15) is 40.3 Å². The topological polar surface area (TPSA) is 38.1 Å². The van der Waals surface area contributed by atoms with Crippen LogP contribution in [-0.2, 0) is 0 Å². The number of hydrogen-bond donors (Lipinski definition) is 0. The molecule has 0 aliphatic carbocycles. The summed E-state index contributed by atoms with van der Waals surface area (Å²) >= 11 is 0. The van der Waals surface area contributed by atoms with Crippen LogP contribution in [0.5, 0.6) is 23.0 Å². The number of fused-ring (bicyclic) bond motifs is 7. The Morgan fingerprint density at radius 3 is 1.69 bits per heavy atom. The zero-order valence-electron chi connectivity index (χ0n) is 31.6. The first-order chi connectivity index (χ1) is 29.1. The monoisotopic (exact) mass is 772 g/mol. The van der Waals surface area contributed by atoms with Crippen LogP contribution < -0.4 is 19.3 Å². The quantitative estimate of drug-likeness (QED) is 0.146. The highest BCUT2D eigenvalue weighted by Crippen LogP contribution is 2.56. The number of furan rings is 1. The first kappa shape index (κ1) is 34.6. The third kappa shape index (κ3) is 5.89. The minimum absolute atomic E-state index is 0.0140. The van der Waals surface area contributed by atoms with Crippen LogP contribution in [0.3, 0.4) is 0 Å². The summed E-state index contributed by atoms with van der Waals surface area (Å²) in [7, 11) is 0. The summed E-state index contributed by atoms with van der Waals surface area (Å²) in [5.74, 6) is 2.98. The third-order valence-electron chi connectivity index (χ3n) is 11.1. The first-order valence-corrected chi connectivity index (χ1v) is 19.5. The molecule has 5 nitrogen and oxygen atoms in total. The molecule has 1 aromatic heterocycles.